The molecule has 3 amide bonds. The predicted octanol–water partition coefficient (Wildman–Crippen LogP) is 2.95. The molecule has 1 aromatic rings. The number of benzene rings is 1. The Morgan fingerprint density at radius 3 is 2.50 bits per heavy atom. The van der Waals surface area contributed by atoms with Crippen molar-refractivity contribution in [3.05, 3.63) is 27.7 Å². The van der Waals surface area contributed by atoms with E-state index < -0.39 is 18.0 Å². The topological polar surface area (TPSA) is 70.2 Å². The van der Waals surface area contributed by atoms with Crippen LogP contribution in [0.1, 0.15) is 19.4 Å². The van der Waals surface area contributed by atoms with Crippen molar-refractivity contribution in [1.82, 2.24) is 10.6 Å². The summed E-state index contributed by atoms with van der Waals surface area (Å²) in [7, 11) is 0. The highest BCUT2D eigenvalue weighted by atomic mass is 35.5. The summed E-state index contributed by atoms with van der Waals surface area (Å²) in [5.41, 5.74) is 1.39. The van der Waals surface area contributed by atoms with Gasteiger partial charge in [0.15, 0.2) is 0 Å². The van der Waals surface area contributed by atoms with Crippen molar-refractivity contribution in [2.24, 2.45) is 0 Å². The first-order chi connectivity index (χ1) is 9.35. The highest BCUT2D eigenvalue weighted by Gasteiger charge is 2.16. The molecule has 7 heteroatoms. The number of rotatable bonds is 4. The van der Waals surface area contributed by atoms with E-state index in [0.717, 1.165) is 5.56 Å². The van der Waals surface area contributed by atoms with Crippen LogP contribution < -0.4 is 16.0 Å². The quantitative estimate of drug-likeness (QED) is 0.799. The van der Waals surface area contributed by atoms with E-state index in [0.29, 0.717) is 22.3 Å². The molecular weight excluding hydrogens is 301 g/mol. The third kappa shape index (κ3) is 4.58. The van der Waals surface area contributed by atoms with Gasteiger partial charge in [0.25, 0.3) is 0 Å². The third-order valence-electron chi connectivity index (χ3n) is 2.59. The van der Waals surface area contributed by atoms with E-state index in [2.05, 4.69) is 16.0 Å². The van der Waals surface area contributed by atoms with Crippen LogP contribution in [-0.4, -0.2) is 24.5 Å². The van der Waals surface area contributed by atoms with Crippen molar-refractivity contribution in [3.63, 3.8) is 0 Å². The highest BCUT2D eigenvalue weighted by Crippen LogP contribution is 2.29. The molecule has 0 saturated heterocycles. The zero-order chi connectivity index (χ0) is 15.3. The Morgan fingerprint density at radius 2 is 1.90 bits per heavy atom. The summed E-state index contributed by atoms with van der Waals surface area (Å²) < 4.78 is 0. The van der Waals surface area contributed by atoms with E-state index in [1.807, 2.05) is 6.92 Å². The summed E-state index contributed by atoms with van der Waals surface area (Å²) in [4.78, 5) is 23.0. The Balaban J connectivity index is 2.71. The Morgan fingerprint density at radius 1 is 1.25 bits per heavy atom. The summed E-state index contributed by atoms with van der Waals surface area (Å²) in [6.07, 6.45) is 0. The van der Waals surface area contributed by atoms with Gasteiger partial charge in [-0.1, -0.05) is 23.2 Å². The Kier molecular flexibility index (Phi) is 6.10. The van der Waals surface area contributed by atoms with Crippen molar-refractivity contribution in [1.29, 1.82) is 0 Å². The van der Waals surface area contributed by atoms with Crippen LogP contribution in [0.3, 0.4) is 0 Å². The van der Waals surface area contributed by atoms with Gasteiger partial charge >= 0.3 is 6.03 Å². The van der Waals surface area contributed by atoms with Crippen molar-refractivity contribution < 1.29 is 9.59 Å². The summed E-state index contributed by atoms with van der Waals surface area (Å²) in [5.74, 6) is -0.455. The Labute approximate surface area is 128 Å². The van der Waals surface area contributed by atoms with Gasteiger partial charge in [0.1, 0.15) is 6.04 Å². The second-order valence-electron chi connectivity index (χ2n) is 4.30. The van der Waals surface area contributed by atoms with Crippen LogP contribution in [0.25, 0.3) is 0 Å². The van der Waals surface area contributed by atoms with Gasteiger partial charge in [-0.2, -0.15) is 0 Å². The number of hydrogen-bond donors (Lipinski definition) is 3. The van der Waals surface area contributed by atoms with Crippen LogP contribution in [0, 0.1) is 6.92 Å². The minimum Gasteiger partial charge on any atom is -0.373 e. The van der Waals surface area contributed by atoms with Crippen molar-refractivity contribution >= 4 is 40.8 Å². The number of urea groups is 1. The van der Waals surface area contributed by atoms with E-state index in [1.54, 1.807) is 26.0 Å². The highest BCUT2D eigenvalue weighted by molar-refractivity contribution is 6.35. The number of nitrogens with one attached hydrogen (secondary N) is 3. The summed E-state index contributed by atoms with van der Waals surface area (Å²) >= 11 is 12.1. The number of hydrogen-bond acceptors (Lipinski definition) is 3. The van der Waals surface area contributed by atoms with Gasteiger partial charge < -0.3 is 10.6 Å². The molecule has 0 aromatic heterocycles. The molecule has 3 N–H and O–H groups in total. The van der Waals surface area contributed by atoms with Crippen LogP contribution in [0.4, 0.5) is 10.5 Å². The fraction of sp³-hybridized carbons (Fsp3) is 0.385. The zero-order valence-electron chi connectivity index (χ0n) is 11.5. The van der Waals surface area contributed by atoms with Gasteiger partial charge in [-0.25, -0.2) is 4.79 Å². The number of imide groups is 1. The summed E-state index contributed by atoms with van der Waals surface area (Å²) in [6.45, 7) is 5.67. The maximum Gasteiger partial charge on any atom is 0.321 e. The van der Waals surface area contributed by atoms with Crippen LogP contribution in [0.2, 0.25) is 10.0 Å². The molecular formula is C13H17Cl2N3O2. The SMILES string of the molecule is CCNC(=O)NC(=O)C(C)Nc1cc(Cl)c(C)cc1Cl. The molecule has 20 heavy (non-hydrogen) atoms. The van der Waals surface area contributed by atoms with Gasteiger partial charge in [0.05, 0.1) is 10.7 Å². The second kappa shape index (κ2) is 7.36. The van der Waals surface area contributed by atoms with Gasteiger partial charge in [0.2, 0.25) is 5.91 Å². The zero-order valence-corrected chi connectivity index (χ0v) is 13.0. The van der Waals surface area contributed by atoms with Crippen molar-refractivity contribution in [2.75, 3.05) is 11.9 Å². The summed E-state index contributed by atoms with van der Waals surface area (Å²) in [6, 6.07) is 2.20. The minimum absolute atomic E-state index is 0.445. The molecule has 5 nitrogen and oxygen atoms in total. The first-order valence-electron chi connectivity index (χ1n) is 6.16. The van der Waals surface area contributed by atoms with Gasteiger partial charge in [-0.05, 0) is 38.5 Å². The van der Waals surface area contributed by atoms with Crippen LogP contribution in [-0.2, 0) is 4.79 Å². The molecule has 1 atom stereocenters. The molecule has 0 aliphatic rings. The lowest BCUT2D eigenvalue weighted by Crippen LogP contribution is -2.45. The van der Waals surface area contributed by atoms with Crippen molar-refractivity contribution in [3.8, 4) is 0 Å². The lowest BCUT2D eigenvalue weighted by molar-refractivity contribution is -0.120. The number of carbonyl (C=O) groups is 2. The number of anilines is 1. The molecule has 0 fully saturated rings. The molecule has 0 spiro atoms. The van der Waals surface area contributed by atoms with Gasteiger partial charge in [0, 0.05) is 11.6 Å². The molecule has 1 unspecified atom stereocenters. The molecule has 0 bridgehead atoms. The first kappa shape index (κ1) is 16.6. The standard InChI is InChI=1S/C13H17Cl2N3O2/c1-4-16-13(20)18-12(19)8(3)17-11-6-9(14)7(2)5-10(11)15/h5-6,8,17H,4H2,1-3H3,(H2,16,18,19,20). The van der Waals surface area contributed by atoms with Gasteiger partial charge in [-0.3, -0.25) is 10.1 Å². The fourth-order valence-corrected chi connectivity index (χ4v) is 1.92. The maximum absolute atomic E-state index is 11.8. The molecule has 0 radical (unpaired) electrons. The monoisotopic (exact) mass is 317 g/mol. The van der Waals surface area contributed by atoms with E-state index >= 15 is 0 Å². The average Bonchev–Trinajstić information content (AvgIpc) is 2.35. The van der Waals surface area contributed by atoms with Crippen LogP contribution in [0.15, 0.2) is 12.1 Å². The summed E-state index contributed by atoms with van der Waals surface area (Å²) in [5, 5.41) is 8.62. The molecule has 0 aliphatic carbocycles. The number of aryl methyl sites for hydroxylation is 1. The number of carbonyl (C=O) groups excluding carboxylic acids is 2. The molecule has 0 heterocycles. The molecule has 1 rings (SSSR count). The van der Waals surface area contributed by atoms with E-state index in [1.165, 1.54) is 0 Å². The maximum atomic E-state index is 11.8. The van der Waals surface area contributed by atoms with Crippen LogP contribution in [0.5, 0.6) is 0 Å². The third-order valence-corrected chi connectivity index (χ3v) is 3.31. The van der Waals surface area contributed by atoms with E-state index in [9.17, 15) is 9.59 Å². The fourth-order valence-electron chi connectivity index (χ4n) is 1.48. The first-order valence-corrected chi connectivity index (χ1v) is 6.91. The number of amides is 3. The molecule has 1 aromatic carbocycles. The molecule has 0 aliphatic heterocycles. The number of halogens is 2. The van der Waals surface area contributed by atoms with Crippen molar-refractivity contribution in [2.45, 2.75) is 26.8 Å². The lowest BCUT2D eigenvalue weighted by atomic mass is 10.2. The lowest BCUT2D eigenvalue weighted by Gasteiger charge is -2.16. The second-order valence-corrected chi connectivity index (χ2v) is 5.11. The molecule has 0 saturated carbocycles. The largest absolute Gasteiger partial charge is 0.373 e. The Bertz CT molecular complexity index is 521. The van der Waals surface area contributed by atoms with Gasteiger partial charge in [-0.15, -0.1) is 0 Å². The van der Waals surface area contributed by atoms with Crippen LogP contribution >= 0.6 is 23.2 Å². The molecule has 110 valence electrons. The van der Waals surface area contributed by atoms with E-state index in [-0.39, 0.29) is 0 Å². The average molecular weight is 318 g/mol. The normalized spacial score (nSPS) is 11.7. The Hall–Kier alpha value is -1.46. The predicted molar refractivity (Wildman–Crippen MR) is 81.5 cm³/mol. The van der Waals surface area contributed by atoms with E-state index in [4.69, 9.17) is 23.2 Å². The minimum atomic E-state index is -0.631. The smallest absolute Gasteiger partial charge is 0.321 e.